The Labute approximate surface area is 472 Å². The standard InChI is InChI=1S/C66H74Cl2F4N2P4/c1-75(59(51-29-11-7-12-30-51)45-46-60(75)52-31-13-8-14-32-52)73(78(68,65-43-25-21-39-57(65)71)66-44-26-22-40-58(66)72)49-27-5-3-4-6-28-50-74(76(2,63-41-23-19-37-55(63)69)64-42-24-20-38-56(64)70)77(67)61(53-33-15-9-16-34-53)47-48-62(77)54-35-17-10-18-36-54/h7-26,29-44,59-62,75-78H,3-6,27-28,45-50H2,1-2H3/t59-,60-,61+,62+/m1/s1. The Balaban J connectivity index is 0.975. The van der Waals surface area contributed by atoms with Gasteiger partial charge in [0.2, 0.25) is 0 Å². The van der Waals surface area contributed by atoms with Crippen molar-refractivity contribution in [2.75, 3.05) is 26.4 Å². The van der Waals surface area contributed by atoms with Crippen LogP contribution in [0, 0.1) is 23.3 Å². The van der Waals surface area contributed by atoms with E-state index in [1.54, 1.807) is 36.4 Å². The molecule has 2 aliphatic rings. The molecule has 12 heteroatoms. The van der Waals surface area contributed by atoms with Gasteiger partial charge in [-0.2, -0.15) is 0 Å². The molecule has 0 spiro atoms. The Morgan fingerprint density at radius 3 is 1.00 bits per heavy atom. The summed E-state index contributed by atoms with van der Waals surface area (Å²) in [6.07, 6.45) is 8.92. The fourth-order valence-corrected chi connectivity index (χ4v) is 44.4. The third-order valence-corrected chi connectivity index (χ3v) is 44.8. The molecule has 0 saturated carbocycles. The van der Waals surface area contributed by atoms with Crippen LogP contribution >= 0.6 is 50.8 Å². The second-order valence-electron chi connectivity index (χ2n) is 22.0. The van der Waals surface area contributed by atoms with Crippen molar-refractivity contribution in [1.29, 1.82) is 0 Å². The van der Waals surface area contributed by atoms with E-state index in [1.807, 2.05) is 48.5 Å². The molecule has 2 heterocycles. The first-order valence-corrected chi connectivity index (χ1v) is 39.2. The monoisotopic (exact) mass is 1160 g/mol. The Morgan fingerprint density at radius 2 is 0.654 bits per heavy atom. The van der Waals surface area contributed by atoms with Gasteiger partial charge in [-0.3, -0.25) is 0 Å². The molecule has 2 nitrogen and oxygen atoms in total. The van der Waals surface area contributed by atoms with Crippen LogP contribution in [0.5, 0.6) is 0 Å². The Kier molecular flexibility index (Phi) is 18.4. The summed E-state index contributed by atoms with van der Waals surface area (Å²) < 4.78 is 72.2. The molecule has 8 aromatic carbocycles. The van der Waals surface area contributed by atoms with Crippen LogP contribution in [-0.4, -0.2) is 35.3 Å². The average molecular weight is 1170 g/mol. The summed E-state index contributed by atoms with van der Waals surface area (Å²) >= 11 is 17.2. The topological polar surface area (TPSA) is 6.48 Å². The molecule has 2 saturated heterocycles. The predicted molar refractivity (Wildman–Crippen MR) is 337 cm³/mol. The third kappa shape index (κ3) is 11.0. The van der Waals surface area contributed by atoms with E-state index in [9.17, 15) is 0 Å². The van der Waals surface area contributed by atoms with Crippen molar-refractivity contribution < 1.29 is 17.6 Å². The number of halogens is 6. The van der Waals surface area contributed by atoms with Crippen LogP contribution < -0.4 is 21.2 Å². The number of hydrogen-bond donors (Lipinski definition) is 0. The Hall–Kier alpha value is -4.30. The van der Waals surface area contributed by atoms with Crippen LogP contribution in [-0.2, 0) is 0 Å². The average Bonchev–Trinajstić information content (AvgIpc) is 4.16. The van der Waals surface area contributed by atoms with E-state index in [4.69, 9.17) is 22.5 Å². The molecule has 0 amide bonds. The van der Waals surface area contributed by atoms with Crippen LogP contribution in [0.4, 0.5) is 17.6 Å². The van der Waals surface area contributed by atoms with E-state index in [0.717, 1.165) is 64.2 Å². The summed E-state index contributed by atoms with van der Waals surface area (Å²) in [5.41, 5.74) is 5.23. The molecule has 0 unspecified atom stereocenters. The first kappa shape index (κ1) is 57.0. The van der Waals surface area contributed by atoms with E-state index in [1.165, 1.54) is 46.5 Å². The van der Waals surface area contributed by atoms with Gasteiger partial charge >= 0.3 is 476 Å². The zero-order chi connectivity index (χ0) is 54.3. The molecule has 78 heavy (non-hydrogen) atoms. The minimum absolute atomic E-state index is 0.0125. The molecule has 0 radical (unpaired) electrons. The van der Waals surface area contributed by atoms with E-state index >= 15 is 17.6 Å². The summed E-state index contributed by atoms with van der Waals surface area (Å²) in [6, 6.07) is 70.2. The van der Waals surface area contributed by atoms with Crippen LogP contribution in [0.1, 0.15) is 109 Å². The van der Waals surface area contributed by atoms with Gasteiger partial charge < -0.3 is 0 Å². The molecule has 4 atom stereocenters. The second kappa shape index (κ2) is 25.2. The third-order valence-electron chi connectivity index (χ3n) is 17.9. The normalized spacial score (nSPS) is 20.4. The van der Waals surface area contributed by atoms with Crippen molar-refractivity contribution in [3.63, 3.8) is 0 Å². The first-order valence-electron chi connectivity index (χ1n) is 28.1. The number of hydrogen-bond acceptors (Lipinski definition) is 2. The van der Waals surface area contributed by atoms with Gasteiger partial charge in [0, 0.05) is 0 Å². The summed E-state index contributed by atoms with van der Waals surface area (Å²) in [4.78, 5) is 0. The molecule has 0 bridgehead atoms. The summed E-state index contributed by atoms with van der Waals surface area (Å²) in [6.45, 7) is -1.42. The zero-order valence-corrected chi connectivity index (χ0v) is 50.3. The summed E-state index contributed by atoms with van der Waals surface area (Å²) in [5.74, 6) is -1.47. The van der Waals surface area contributed by atoms with Crippen LogP contribution in [0.3, 0.4) is 0 Å². The number of benzene rings is 8. The fourth-order valence-electron chi connectivity index (χ4n) is 14.2. The van der Waals surface area contributed by atoms with Gasteiger partial charge in [0.1, 0.15) is 0 Å². The number of nitrogens with zero attached hydrogens (tertiary/aromatic N) is 2. The molecule has 0 aliphatic carbocycles. The minimum atomic E-state index is -3.91. The molecule has 10 rings (SSSR count). The van der Waals surface area contributed by atoms with Gasteiger partial charge in [-0.15, -0.1) is 0 Å². The first-order chi connectivity index (χ1) is 37.9. The summed E-state index contributed by atoms with van der Waals surface area (Å²) in [5, 5.41) is 1.89. The van der Waals surface area contributed by atoms with Gasteiger partial charge in [0.25, 0.3) is 0 Å². The molecule has 410 valence electrons. The van der Waals surface area contributed by atoms with Crippen molar-refractivity contribution in [2.45, 2.75) is 86.8 Å². The molecule has 2 aliphatic heterocycles. The number of rotatable bonds is 21. The van der Waals surface area contributed by atoms with Crippen molar-refractivity contribution >= 4 is 72.1 Å². The fraction of sp³-hybridized carbons (Fsp3) is 0.273. The van der Waals surface area contributed by atoms with Crippen molar-refractivity contribution in [2.24, 2.45) is 0 Å². The zero-order valence-electron chi connectivity index (χ0n) is 44.7. The molecule has 0 aromatic heterocycles. The molecule has 8 aromatic rings. The Morgan fingerprint density at radius 1 is 0.385 bits per heavy atom. The van der Waals surface area contributed by atoms with Gasteiger partial charge in [-0.05, 0) is 0 Å². The van der Waals surface area contributed by atoms with Crippen LogP contribution in [0.2, 0.25) is 0 Å². The van der Waals surface area contributed by atoms with Crippen molar-refractivity contribution in [3.05, 3.63) is 264 Å². The Bertz CT molecular complexity index is 2830. The maximum atomic E-state index is 16.8. The maximum absolute atomic E-state index is 16.8. The SMILES string of the molecule is C[PH](c1ccccc1F)(c1ccccc1F)N(CCCCCCCCN([PH](Cl)(c1ccccc1F)c1ccccc1F)[PH]1(C)[C@@H](c2ccccc2)CC[C@@H]1c1ccccc1)[PH]1(Cl)[C@H](c2ccccc2)CC[C@H]1c1ccccc1. The van der Waals surface area contributed by atoms with Gasteiger partial charge in [0.05, 0.1) is 0 Å². The van der Waals surface area contributed by atoms with Crippen molar-refractivity contribution in [3.8, 4) is 0 Å². The quantitative estimate of drug-likeness (QED) is 0.0402. The van der Waals surface area contributed by atoms with E-state index < -0.39 is 40.0 Å². The molecule has 2 fully saturated rings. The van der Waals surface area contributed by atoms with E-state index in [2.05, 4.69) is 131 Å². The second-order valence-corrected chi connectivity index (χ2v) is 40.7. The molecular weight excluding hydrogens is 1090 g/mol. The van der Waals surface area contributed by atoms with Gasteiger partial charge in [0.15, 0.2) is 0 Å². The molecule has 0 N–H and O–H groups in total. The van der Waals surface area contributed by atoms with Gasteiger partial charge in [-0.1, -0.05) is 0 Å². The van der Waals surface area contributed by atoms with Gasteiger partial charge in [-0.25, -0.2) is 0 Å². The van der Waals surface area contributed by atoms with E-state index in [0.29, 0.717) is 34.3 Å². The van der Waals surface area contributed by atoms with Crippen LogP contribution in [0.15, 0.2) is 218 Å². The van der Waals surface area contributed by atoms with E-state index in [-0.39, 0.29) is 34.3 Å². The van der Waals surface area contributed by atoms with Crippen LogP contribution in [0.25, 0.3) is 0 Å². The summed E-state index contributed by atoms with van der Waals surface area (Å²) in [7, 11) is -6.41. The van der Waals surface area contributed by atoms with Crippen molar-refractivity contribution in [1.82, 2.24) is 8.88 Å². The number of unbranched alkanes of at least 4 members (excludes halogenated alkanes) is 5. The molecular formula is C66H74Cl2F4N2P4. The predicted octanol–water partition coefficient (Wildman–Crippen LogP) is 18.6.